The minimum absolute atomic E-state index is 0.0446. The molecule has 1 fully saturated rings. The number of anilines is 1. The van der Waals surface area contributed by atoms with E-state index in [0.717, 1.165) is 47.6 Å². The van der Waals surface area contributed by atoms with E-state index in [1.54, 1.807) is 0 Å². The molecule has 1 aliphatic rings. The molecule has 5 heteroatoms. The Morgan fingerprint density at radius 3 is 2.56 bits per heavy atom. The standard InChI is InChI=1S/C27H31N3O2/c1-20-6-5-15-30(18-20)19-21-11-13-24(14-12-21)29-27(32)17-28-26(31)16-23-9-4-8-22-7-2-3-10-25(22)23/h2-4,7-14,20H,5-6,15-19H2,1H3,(H,28,31)(H,29,32). The van der Waals surface area contributed by atoms with Crippen molar-refractivity contribution >= 4 is 28.3 Å². The van der Waals surface area contributed by atoms with E-state index in [1.165, 1.54) is 18.4 Å². The topological polar surface area (TPSA) is 61.4 Å². The molecular formula is C27H31N3O2. The molecule has 1 aliphatic heterocycles. The van der Waals surface area contributed by atoms with Crippen LogP contribution in [0, 0.1) is 5.92 Å². The highest BCUT2D eigenvalue weighted by molar-refractivity contribution is 5.95. The molecule has 1 unspecified atom stereocenters. The summed E-state index contributed by atoms with van der Waals surface area (Å²) >= 11 is 0. The van der Waals surface area contributed by atoms with Gasteiger partial charge >= 0.3 is 0 Å². The van der Waals surface area contributed by atoms with E-state index in [1.807, 2.05) is 54.6 Å². The summed E-state index contributed by atoms with van der Waals surface area (Å²) < 4.78 is 0. The fourth-order valence-electron chi connectivity index (χ4n) is 4.45. The van der Waals surface area contributed by atoms with Crippen LogP contribution >= 0.6 is 0 Å². The first-order valence-electron chi connectivity index (χ1n) is 11.4. The SMILES string of the molecule is CC1CCCN(Cc2ccc(NC(=O)CNC(=O)Cc3cccc4ccccc34)cc2)C1. The van der Waals surface area contributed by atoms with Crippen molar-refractivity contribution in [2.24, 2.45) is 5.92 Å². The average Bonchev–Trinajstić information content (AvgIpc) is 2.79. The van der Waals surface area contributed by atoms with Crippen LogP contribution in [0.1, 0.15) is 30.9 Å². The molecule has 3 aromatic rings. The van der Waals surface area contributed by atoms with Crippen LogP contribution in [-0.4, -0.2) is 36.3 Å². The Morgan fingerprint density at radius 1 is 0.969 bits per heavy atom. The van der Waals surface area contributed by atoms with Gasteiger partial charge in [0, 0.05) is 18.8 Å². The molecule has 5 nitrogen and oxygen atoms in total. The van der Waals surface area contributed by atoms with Crippen molar-refractivity contribution in [2.75, 3.05) is 25.0 Å². The van der Waals surface area contributed by atoms with Crippen LogP contribution in [-0.2, 0) is 22.6 Å². The Balaban J connectivity index is 1.24. The first-order valence-corrected chi connectivity index (χ1v) is 11.4. The number of nitrogens with zero attached hydrogens (tertiary/aromatic N) is 1. The maximum atomic E-state index is 12.4. The number of likely N-dealkylation sites (tertiary alicyclic amines) is 1. The lowest BCUT2D eigenvalue weighted by Crippen LogP contribution is -2.34. The van der Waals surface area contributed by atoms with Gasteiger partial charge in [-0.15, -0.1) is 0 Å². The van der Waals surface area contributed by atoms with Crippen molar-refractivity contribution in [2.45, 2.75) is 32.7 Å². The quantitative estimate of drug-likeness (QED) is 0.586. The fourth-order valence-corrected chi connectivity index (χ4v) is 4.45. The fraction of sp³-hybridized carbons (Fsp3) is 0.333. The summed E-state index contributed by atoms with van der Waals surface area (Å²) in [5, 5.41) is 7.76. The van der Waals surface area contributed by atoms with Gasteiger partial charge < -0.3 is 10.6 Å². The van der Waals surface area contributed by atoms with Gasteiger partial charge in [0.05, 0.1) is 13.0 Å². The molecule has 0 spiro atoms. The summed E-state index contributed by atoms with van der Waals surface area (Å²) in [4.78, 5) is 27.2. The summed E-state index contributed by atoms with van der Waals surface area (Å²) in [5.74, 6) is 0.370. The molecule has 166 valence electrons. The number of rotatable bonds is 7. The van der Waals surface area contributed by atoms with Crippen LogP contribution in [0.15, 0.2) is 66.7 Å². The van der Waals surface area contributed by atoms with E-state index in [0.29, 0.717) is 0 Å². The number of carbonyl (C=O) groups excluding carboxylic acids is 2. The molecule has 0 aromatic heterocycles. The molecule has 2 N–H and O–H groups in total. The number of fused-ring (bicyclic) bond motifs is 1. The molecule has 0 aliphatic carbocycles. The van der Waals surface area contributed by atoms with Gasteiger partial charge in [-0.25, -0.2) is 0 Å². The van der Waals surface area contributed by atoms with Gasteiger partial charge in [-0.2, -0.15) is 0 Å². The second-order valence-electron chi connectivity index (χ2n) is 8.82. The molecular weight excluding hydrogens is 398 g/mol. The van der Waals surface area contributed by atoms with E-state index in [9.17, 15) is 9.59 Å². The maximum Gasteiger partial charge on any atom is 0.243 e. The summed E-state index contributed by atoms with van der Waals surface area (Å²) in [5.41, 5.74) is 2.95. The van der Waals surface area contributed by atoms with Crippen LogP contribution < -0.4 is 10.6 Å². The number of hydrogen-bond acceptors (Lipinski definition) is 3. The summed E-state index contributed by atoms with van der Waals surface area (Å²) in [7, 11) is 0. The zero-order valence-corrected chi connectivity index (χ0v) is 18.6. The van der Waals surface area contributed by atoms with Crippen LogP contribution in [0.3, 0.4) is 0 Å². The smallest absolute Gasteiger partial charge is 0.243 e. The molecule has 3 aromatic carbocycles. The second-order valence-corrected chi connectivity index (χ2v) is 8.82. The predicted octanol–water partition coefficient (Wildman–Crippen LogP) is 4.37. The lowest BCUT2D eigenvalue weighted by atomic mass is 10.00. The zero-order valence-electron chi connectivity index (χ0n) is 18.6. The van der Waals surface area contributed by atoms with Crippen molar-refractivity contribution in [3.63, 3.8) is 0 Å². The van der Waals surface area contributed by atoms with Crippen LogP contribution in [0.5, 0.6) is 0 Å². The lowest BCUT2D eigenvalue weighted by molar-refractivity contribution is -0.123. The van der Waals surface area contributed by atoms with Gasteiger partial charge in [-0.3, -0.25) is 14.5 Å². The number of amides is 2. The van der Waals surface area contributed by atoms with E-state index in [2.05, 4.69) is 34.6 Å². The van der Waals surface area contributed by atoms with Crippen LogP contribution in [0.4, 0.5) is 5.69 Å². The lowest BCUT2D eigenvalue weighted by Gasteiger charge is -2.30. The van der Waals surface area contributed by atoms with E-state index >= 15 is 0 Å². The Morgan fingerprint density at radius 2 is 1.75 bits per heavy atom. The highest BCUT2D eigenvalue weighted by atomic mass is 16.2. The number of hydrogen-bond donors (Lipinski definition) is 2. The number of carbonyl (C=O) groups is 2. The Bertz CT molecular complexity index is 1070. The first kappa shape index (κ1) is 22.0. The van der Waals surface area contributed by atoms with E-state index in [4.69, 9.17) is 0 Å². The normalized spacial score (nSPS) is 16.6. The number of benzene rings is 3. The predicted molar refractivity (Wildman–Crippen MR) is 129 cm³/mol. The number of nitrogens with one attached hydrogen (secondary N) is 2. The summed E-state index contributed by atoms with van der Waals surface area (Å²) in [6, 6.07) is 21.9. The van der Waals surface area contributed by atoms with Gasteiger partial charge in [-0.1, -0.05) is 61.5 Å². The Hall–Kier alpha value is -3.18. The molecule has 32 heavy (non-hydrogen) atoms. The van der Waals surface area contributed by atoms with Crippen molar-refractivity contribution in [1.29, 1.82) is 0 Å². The molecule has 0 radical (unpaired) electrons. The maximum absolute atomic E-state index is 12.4. The van der Waals surface area contributed by atoms with Crippen LogP contribution in [0.25, 0.3) is 10.8 Å². The zero-order chi connectivity index (χ0) is 22.3. The largest absolute Gasteiger partial charge is 0.347 e. The summed E-state index contributed by atoms with van der Waals surface area (Å²) in [6.07, 6.45) is 2.83. The Labute approximate surface area is 189 Å². The Kier molecular flexibility index (Phi) is 7.17. The number of piperidine rings is 1. The highest BCUT2D eigenvalue weighted by Gasteiger charge is 2.16. The minimum atomic E-state index is -0.228. The van der Waals surface area contributed by atoms with Crippen molar-refractivity contribution in [1.82, 2.24) is 10.2 Å². The monoisotopic (exact) mass is 429 g/mol. The second kappa shape index (κ2) is 10.4. The molecule has 1 saturated heterocycles. The van der Waals surface area contributed by atoms with Gasteiger partial charge in [0.25, 0.3) is 0 Å². The van der Waals surface area contributed by atoms with Gasteiger partial charge in [0.1, 0.15) is 0 Å². The van der Waals surface area contributed by atoms with Crippen molar-refractivity contribution in [3.05, 3.63) is 77.9 Å². The first-order chi connectivity index (χ1) is 15.6. The molecule has 1 heterocycles. The molecule has 2 amide bonds. The van der Waals surface area contributed by atoms with Gasteiger partial charge in [0.2, 0.25) is 11.8 Å². The minimum Gasteiger partial charge on any atom is -0.347 e. The molecule has 0 saturated carbocycles. The van der Waals surface area contributed by atoms with Crippen molar-refractivity contribution < 1.29 is 9.59 Å². The van der Waals surface area contributed by atoms with E-state index in [-0.39, 0.29) is 24.8 Å². The molecule has 0 bridgehead atoms. The highest BCUT2D eigenvalue weighted by Crippen LogP contribution is 2.20. The average molecular weight is 430 g/mol. The third kappa shape index (κ3) is 5.95. The molecule has 1 atom stereocenters. The van der Waals surface area contributed by atoms with E-state index < -0.39 is 0 Å². The summed E-state index contributed by atoms with van der Waals surface area (Å²) in [6.45, 7) is 5.52. The molecule has 4 rings (SSSR count). The van der Waals surface area contributed by atoms with Crippen LogP contribution in [0.2, 0.25) is 0 Å². The van der Waals surface area contributed by atoms with Gasteiger partial charge in [0.15, 0.2) is 0 Å². The van der Waals surface area contributed by atoms with Crippen molar-refractivity contribution in [3.8, 4) is 0 Å². The van der Waals surface area contributed by atoms with Gasteiger partial charge in [-0.05, 0) is 59.3 Å². The third-order valence-electron chi connectivity index (χ3n) is 6.06. The third-order valence-corrected chi connectivity index (χ3v) is 6.06.